The summed E-state index contributed by atoms with van der Waals surface area (Å²) in [5.74, 6) is 0. The van der Waals surface area contributed by atoms with Crippen molar-refractivity contribution in [1.29, 1.82) is 0 Å². The van der Waals surface area contributed by atoms with Gasteiger partial charge in [0, 0.05) is 18.9 Å². The van der Waals surface area contributed by atoms with Gasteiger partial charge in [-0.1, -0.05) is 36.4 Å². The van der Waals surface area contributed by atoms with Crippen LogP contribution in [-0.2, 0) is 20.2 Å². The molecule has 1 atom stereocenters. The number of aromatic nitrogens is 1. The van der Waals surface area contributed by atoms with E-state index in [1.807, 2.05) is 43.5 Å². The third-order valence-corrected chi connectivity index (χ3v) is 3.74. The largest absolute Gasteiger partial charge is 0.332 e. The lowest BCUT2D eigenvalue weighted by Crippen LogP contribution is -1.96. The molecule has 106 valence electrons. The molecule has 2 aromatic rings. The summed E-state index contributed by atoms with van der Waals surface area (Å²) in [7, 11) is 0.303. The highest BCUT2D eigenvalue weighted by atomic mass is 31.2. The van der Waals surface area contributed by atoms with E-state index in [-0.39, 0.29) is 0 Å². The van der Waals surface area contributed by atoms with Crippen LogP contribution >= 0.6 is 8.60 Å². The van der Waals surface area contributed by atoms with E-state index in [0.29, 0.717) is 13.2 Å². The minimum Gasteiger partial charge on any atom is -0.316 e. The van der Waals surface area contributed by atoms with Gasteiger partial charge in [-0.15, -0.1) is 0 Å². The van der Waals surface area contributed by atoms with Gasteiger partial charge in [0.15, 0.2) is 0 Å². The van der Waals surface area contributed by atoms with Gasteiger partial charge in [-0.25, -0.2) is 0 Å². The van der Waals surface area contributed by atoms with Crippen LogP contribution in [0, 0.1) is 0 Å². The molecule has 0 saturated carbocycles. The van der Waals surface area contributed by atoms with Crippen molar-refractivity contribution in [3.8, 4) is 11.1 Å². The summed E-state index contributed by atoms with van der Waals surface area (Å²) in [5.41, 5.74) is 3.10. The number of hydrogen-bond donors (Lipinski definition) is 0. The molecule has 1 aromatic carbocycles. The second-order valence-corrected chi connectivity index (χ2v) is 5.33. The van der Waals surface area contributed by atoms with Crippen LogP contribution in [0.3, 0.4) is 0 Å². The molecular weight excluding hydrogens is 273 g/mol. The van der Waals surface area contributed by atoms with E-state index in [1.54, 1.807) is 7.11 Å². The van der Waals surface area contributed by atoms with Crippen LogP contribution in [0.4, 0.5) is 0 Å². The van der Waals surface area contributed by atoms with Gasteiger partial charge in [0.2, 0.25) is 0 Å². The van der Waals surface area contributed by atoms with E-state index in [0.717, 1.165) is 16.8 Å². The van der Waals surface area contributed by atoms with Crippen molar-refractivity contribution in [3.63, 3.8) is 0 Å². The van der Waals surface area contributed by atoms with Crippen LogP contribution in [-0.4, -0.2) is 18.7 Å². The fourth-order valence-corrected chi connectivity index (χ4v) is 2.41. The number of hydrogen-bond acceptors (Lipinski definition) is 4. The molecule has 1 unspecified atom stereocenters. The molecule has 0 fully saturated rings. The van der Waals surface area contributed by atoms with Crippen molar-refractivity contribution < 1.29 is 13.6 Å². The van der Waals surface area contributed by atoms with Crippen molar-refractivity contribution in [3.05, 3.63) is 54.4 Å². The molecule has 0 aliphatic heterocycles. The fraction of sp³-hybridized carbons (Fsp3) is 0.267. The molecule has 2 rings (SSSR count). The van der Waals surface area contributed by atoms with Gasteiger partial charge in [-0.3, -0.25) is 4.98 Å². The Kier molecular flexibility index (Phi) is 6.09. The van der Waals surface area contributed by atoms with Crippen molar-refractivity contribution in [2.45, 2.75) is 13.5 Å². The third kappa shape index (κ3) is 4.36. The molecular formula is C15H18NO3P. The maximum Gasteiger partial charge on any atom is 0.332 e. The Bertz CT molecular complexity index is 504. The average Bonchev–Trinajstić information content (AvgIpc) is 2.53. The average molecular weight is 291 g/mol. The van der Waals surface area contributed by atoms with Crippen LogP contribution in [0.5, 0.6) is 0 Å². The standard InChI is InChI=1S/C15H18NO3P/c1-3-18-20(17-2)19-12-15-10-9-14(11-16-15)13-7-5-4-6-8-13/h4-11H,3,12H2,1-2H3. The van der Waals surface area contributed by atoms with Crippen LogP contribution in [0.2, 0.25) is 0 Å². The molecule has 0 spiro atoms. The first-order valence-electron chi connectivity index (χ1n) is 6.44. The first-order valence-corrected chi connectivity index (χ1v) is 7.53. The zero-order valence-electron chi connectivity index (χ0n) is 11.7. The zero-order chi connectivity index (χ0) is 14.2. The topological polar surface area (TPSA) is 40.6 Å². The molecule has 0 aliphatic rings. The summed E-state index contributed by atoms with van der Waals surface area (Å²) in [6.07, 6.45) is 1.85. The van der Waals surface area contributed by atoms with E-state index in [2.05, 4.69) is 17.1 Å². The molecule has 0 saturated heterocycles. The molecule has 0 amide bonds. The van der Waals surface area contributed by atoms with Crippen LogP contribution in [0.25, 0.3) is 11.1 Å². The maximum absolute atomic E-state index is 5.52. The molecule has 1 heterocycles. The van der Waals surface area contributed by atoms with Crippen molar-refractivity contribution in [1.82, 2.24) is 4.98 Å². The molecule has 5 heteroatoms. The van der Waals surface area contributed by atoms with Gasteiger partial charge in [0.05, 0.1) is 18.9 Å². The molecule has 0 bridgehead atoms. The summed E-state index contributed by atoms with van der Waals surface area (Å²) in [6.45, 7) is 2.86. The highest BCUT2D eigenvalue weighted by molar-refractivity contribution is 7.41. The van der Waals surface area contributed by atoms with E-state index in [4.69, 9.17) is 13.6 Å². The smallest absolute Gasteiger partial charge is 0.316 e. The molecule has 0 radical (unpaired) electrons. The summed E-state index contributed by atoms with van der Waals surface area (Å²) >= 11 is 0. The molecule has 0 aliphatic carbocycles. The number of nitrogens with zero attached hydrogens (tertiary/aromatic N) is 1. The second kappa shape index (κ2) is 8.08. The highest BCUT2D eigenvalue weighted by Gasteiger charge is 2.09. The minimum atomic E-state index is -1.27. The quantitative estimate of drug-likeness (QED) is 0.718. The van der Waals surface area contributed by atoms with Crippen LogP contribution in [0.1, 0.15) is 12.6 Å². The third-order valence-electron chi connectivity index (χ3n) is 2.63. The monoisotopic (exact) mass is 291 g/mol. The first kappa shape index (κ1) is 15.1. The van der Waals surface area contributed by atoms with Gasteiger partial charge in [0.1, 0.15) is 0 Å². The van der Waals surface area contributed by atoms with Crippen LogP contribution in [0.15, 0.2) is 48.7 Å². The van der Waals surface area contributed by atoms with Crippen molar-refractivity contribution >= 4 is 8.60 Å². The van der Waals surface area contributed by atoms with E-state index in [1.165, 1.54) is 0 Å². The summed E-state index contributed by atoms with van der Waals surface area (Å²) in [6, 6.07) is 14.1. The highest BCUT2D eigenvalue weighted by Crippen LogP contribution is 2.39. The SMILES string of the molecule is CCOP(OC)OCc1ccc(-c2ccccc2)cn1. The van der Waals surface area contributed by atoms with E-state index >= 15 is 0 Å². The second-order valence-electron chi connectivity index (χ2n) is 4.00. The maximum atomic E-state index is 5.52. The lowest BCUT2D eigenvalue weighted by atomic mass is 10.1. The van der Waals surface area contributed by atoms with Gasteiger partial charge < -0.3 is 13.6 Å². The lowest BCUT2D eigenvalue weighted by Gasteiger charge is -2.12. The fourth-order valence-electron chi connectivity index (χ4n) is 1.68. The summed E-state index contributed by atoms with van der Waals surface area (Å²) in [5, 5.41) is 0. The Labute approximate surface area is 120 Å². The Hall–Kier alpha value is -1.32. The van der Waals surface area contributed by atoms with Crippen LogP contribution < -0.4 is 0 Å². The van der Waals surface area contributed by atoms with Gasteiger partial charge in [-0.05, 0) is 18.6 Å². The van der Waals surface area contributed by atoms with Gasteiger partial charge in [0.25, 0.3) is 0 Å². The predicted molar refractivity (Wildman–Crippen MR) is 80.0 cm³/mol. The molecule has 0 N–H and O–H groups in total. The Morgan fingerprint density at radius 2 is 1.80 bits per heavy atom. The minimum absolute atomic E-state index is 0.384. The number of rotatable bonds is 7. The lowest BCUT2D eigenvalue weighted by molar-refractivity contribution is 0.179. The molecule has 20 heavy (non-hydrogen) atoms. The number of pyridine rings is 1. The zero-order valence-corrected chi connectivity index (χ0v) is 12.5. The van der Waals surface area contributed by atoms with Gasteiger partial charge >= 0.3 is 8.60 Å². The molecule has 1 aromatic heterocycles. The Balaban J connectivity index is 1.95. The normalized spacial score (nSPS) is 12.3. The van der Waals surface area contributed by atoms with E-state index in [9.17, 15) is 0 Å². The Morgan fingerprint density at radius 1 is 1.00 bits per heavy atom. The Morgan fingerprint density at radius 3 is 2.40 bits per heavy atom. The predicted octanol–water partition coefficient (Wildman–Crippen LogP) is 4.18. The van der Waals surface area contributed by atoms with E-state index < -0.39 is 8.60 Å². The van der Waals surface area contributed by atoms with Gasteiger partial charge in [-0.2, -0.15) is 0 Å². The van der Waals surface area contributed by atoms with Crippen molar-refractivity contribution in [2.24, 2.45) is 0 Å². The summed E-state index contributed by atoms with van der Waals surface area (Å²) in [4.78, 5) is 4.40. The summed E-state index contributed by atoms with van der Waals surface area (Å²) < 4.78 is 15.9. The molecule has 4 nitrogen and oxygen atoms in total. The number of benzene rings is 1. The first-order chi connectivity index (χ1) is 9.83. The van der Waals surface area contributed by atoms with Crippen molar-refractivity contribution in [2.75, 3.05) is 13.7 Å².